The summed E-state index contributed by atoms with van der Waals surface area (Å²) in [6.07, 6.45) is 0. The fraction of sp³-hybridized carbons (Fsp3) is 0.125. The van der Waals surface area contributed by atoms with Crippen LogP contribution >= 0.6 is 0 Å². The zero-order valence-electron chi connectivity index (χ0n) is 6.47. The van der Waals surface area contributed by atoms with E-state index in [-0.39, 0.29) is 4.90 Å². The maximum absolute atomic E-state index is 11.3. The minimum absolute atomic E-state index is 0.215. The van der Waals surface area contributed by atoms with Gasteiger partial charge in [-0.3, -0.25) is 0 Å². The Morgan fingerprint density at radius 1 is 1.25 bits per heavy atom. The summed E-state index contributed by atoms with van der Waals surface area (Å²) in [4.78, 5) is 0.215. The van der Waals surface area contributed by atoms with Crippen molar-refractivity contribution in [2.45, 2.75) is 10.3 Å². The van der Waals surface area contributed by atoms with Crippen LogP contribution in [0.2, 0.25) is 0 Å². The van der Waals surface area contributed by atoms with Crippen LogP contribution in [0.5, 0.6) is 0 Å². The Balaban J connectivity index is 3.17. The van der Waals surface area contributed by atoms with Gasteiger partial charge in [0, 0.05) is 0 Å². The Labute approximate surface area is 72.1 Å². The molecule has 0 fully saturated rings. The molecule has 0 saturated carbocycles. The molecule has 0 amide bonds. The molecule has 0 heterocycles. The molecular formula is C8H10NO2S. The minimum Gasteiger partial charge on any atom is -0.315 e. The summed E-state index contributed by atoms with van der Waals surface area (Å²) in [5.41, 5.74) is 5.20. The average molecular weight is 184 g/mol. The second-order valence-electron chi connectivity index (χ2n) is 2.40. The van der Waals surface area contributed by atoms with Crippen LogP contribution in [0.15, 0.2) is 35.2 Å². The summed E-state index contributed by atoms with van der Waals surface area (Å²) >= 11 is 0. The number of hydrogen-bond donors (Lipinski definition) is 1. The molecule has 12 heavy (non-hydrogen) atoms. The number of rotatable bonds is 2. The Kier molecular flexibility index (Phi) is 2.49. The lowest BCUT2D eigenvalue weighted by atomic mass is 10.4. The third kappa shape index (κ3) is 1.65. The van der Waals surface area contributed by atoms with Crippen molar-refractivity contribution in [3.8, 4) is 0 Å². The van der Waals surface area contributed by atoms with Crippen molar-refractivity contribution in [2.24, 2.45) is 5.73 Å². The van der Waals surface area contributed by atoms with Gasteiger partial charge in [0.25, 0.3) is 0 Å². The largest absolute Gasteiger partial charge is 0.315 e. The van der Waals surface area contributed by atoms with Crippen LogP contribution in [-0.4, -0.2) is 13.8 Å². The molecule has 2 N–H and O–H groups in total. The smallest absolute Gasteiger partial charge is 0.193 e. The Hall–Kier alpha value is -0.870. The van der Waals surface area contributed by atoms with Gasteiger partial charge in [0.1, 0.15) is 5.37 Å². The van der Waals surface area contributed by atoms with Crippen molar-refractivity contribution in [1.82, 2.24) is 0 Å². The normalized spacial score (nSPS) is 14.2. The van der Waals surface area contributed by atoms with Gasteiger partial charge in [-0.2, -0.15) is 0 Å². The van der Waals surface area contributed by atoms with Crippen LogP contribution in [-0.2, 0) is 9.84 Å². The van der Waals surface area contributed by atoms with Gasteiger partial charge < -0.3 is 5.73 Å². The molecule has 0 aliphatic rings. The predicted molar refractivity (Wildman–Crippen MR) is 47.0 cm³/mol. The molecule has 1 radical (unpaired) electrons. The first kappa shape index (κ1) is 9.22. The molecule has 1 atom stereocenters. The van der Waals surface area contributed by atoms with Crippen molar-refractivity contribution < 1.29 is 8.42 Å². The van der Waals surface area contributed by atoms with Crippen LogP contribution in [0.4, 0.5) is 0 Å². The monoisotopic (exact) mass is 184 g/mol. The summed E-state index contributed by atoms with van der Waals surface area (Å²) < 4.78 is 22.7. The summed E-state index contributed by atoms with van der Waals surface area (Å²) in [6.45, 7) is 3.28. The predicted octanol–water partition coefficient (Wildman–Crippen LogP) is 0.579. The van der Waals surface area contributed by atoms with E-state index in [2.05, 4.69) is 6.92 Å². The third-order valence-corrected chi connectivity index (χ3v) is 3.20. The third-order valence-electron chi connectivity index (χ3n) is 1.47. The van der Waals surface area contributed by atoms with E-state index >= 15 is 0 Å². The number of benzene rings is 1. The molecule has 1 aromatic rings. The van der Waals surface area contributed by atoms with Crippen LogP contribution in [0.25, 0.3) is 0 Å². The maximum atomic E-state index is 11.3. The quantitative estimate of drug-likeness (QED) is 0.731. The Morgan fingerprint density at radius 3 is 2.17 bits per heavy atom. The second-order valence-corrected chi connectivity index (χ2v) is 4.56. The topological polar surface area (TPSA) is 60.2 Å². The van der Waals surface area contributed by atoms with Crippen LogP contribution < -0.4 is 5.73 Å². The first-order valence-corrected chi connectivity index (χ1v) is 4.97. The van der Waals surface area contributed by atoms with Gasteiger partial charge in [0.2, 0.25) is 0 Å². The molecule has 0 aromatic heterocycles. The molecule has 65 valence electrons. The zero-order valence-corrected chi connectivity index (χ0v) is 7.29. The van der Waals surface area contributed by atoms with Gasteiger partial charge in [-0.05, 0) is 19.1 Å². The van der Waals surface area contributed by atoms with E-state index < -0.39 is 15.2 Å². The SMILES string of the molecule is [CH2]C(N)S(=O)(=O)c1ccccc1. The highest BCUT2D eigenvalue weighted by atomic mass is 32.2. The van der Waals surface area contributed by atoms with Crippen LogP contribution in [0.3, 0.4) is 0 Å². The van der Waals surface area contributed by atoms with E-state index in [0.717, 1.165) is 0 Å². The highest BCUT2D eigenvalue weighted by molar-refractivity contribution is 7.92. The van der Waals surface area contributed by atoms with Crippen molar-refractivity contribution in [3.05, 3.63) is 37.3 Å². The molecule has 4 heteroatoms. The van der Waals surface area contributed by atoms with Crippen LogP contribution in [0.1, 0.15) is 0 Å². The molecule has 3 nitrogen and oxygen atoms in total. The number of hydrogen-bond acceptors (Lipinski definition) is 3. The first-order chi connectivity index (χ1) is 5.55. The molecular weight excluding hydrogens is 174 g/mol. The van der Waals surface area contributed by atoms with Gasteiger partial charge in [0.15, 0.2) is 9.84 Å². The fourth-order valence-electron chi connectivity index (χ4n) is 0.785. The zero-order chi connectivity index (χ0) is 9.19. The van der Waals surface area contributed by atoms with E-state index in [9.17, 15) is 8.42 Å². The van der Waals surface area contributed by atoms with Crippen molar-refractivity contribution in [3.63, 3.8) is 0 Å². The summed E-state index contributed by atoms with van der Waals surface area (Å²) in [5, 5.41) is -1.10. The molecule has 0 bridgehead atoms. The Morgan fingerprint density at radius 2 is 1.75 bits per heavy atom. The lowest BCUT2D eigenvalue weighted by Gasteiger charge is -2.06. The number of nitrogens with two attached hydrogens (primary N) is 1. The standard InChI is InChI=1S/C8H10NO2S/c1-7(9)12(10,11)8-5-3-2-4-6-8/h2-7H,1,9H2. The van der Waals surface area contributed by atoms with Crippen molar-refractivity contribution in [1.29, 1.82) is 0 Å². The van der Waals surface area contributed by atoms with Crippen molar-refractivity contribution in [2.75, 3.05) is 0 Å². The van der Waals surface area contributed by atoms with E-state index in [1.165, 1.54) is 12.1 Å². The van der Waals surface area contributed by atoms with Gasteiger partial charge in [0.05, 0.1) is 4.90 Å². The molecule has 1 aromatic carbocycles. The highest BCUT2D eigenvalue weighted by Gasteiger charge is 2.18. The lowest BCUT2D eigenvalue weighted by Crippen LogP contribution is -2.27. The molecule has 1 unspecified atom stereocenters. The fourth-order valence-corrected chi connectivity index (χ4v) is 1.67. The minimum atomic E-state index is -3.41. The van der Waals surface area contributed by atoms with Gasteiger partial charge in [-0.15, -0.1) is 0 Å². The highest BCUT2D eigenvalue weighted by Crippen LogP contribution is 2.11. The van der Waals surface area contributed by atoms with E-state index in [1.54, 1.807) is 18.2 Å². The molecule has 0 aliphatic heterocycles. The second kappa shape index (κ2) is 3.25. The molecule has 0 spiro atoms. The van der Waals surface area contributed by atoms with Gasteiger partial charge >= 0.3 is 0 Å². The van der Waals surface area contributed by atoms with E-state index in [0.29, 0.717) is 0 Å². The molecule has 0 saturated heterocycles. The summed E-state index contributed by atoms with van der Waals surface area (Å²) in [5.74, 6) is 0. The molecule has 1 rings (SSSR count). The van der Waals surface area contributed by atoms with Gasteiger partial charge in [-0.1, -0.05) is 18.2 Å². The van der Waals surface area contributed by atoms with Gasteiger partial charge in [-0.25, -0.2) is 8.42 Å². The van der Waals surface area contributed by atoms with Crippen molar-refractivity contribution >= 4 is 9.84 Å². The molecule has 0 aliphatic carbocycles. The van der Waals surface area contributed by atoms with E-state index in [4.69, 9.17) is 5.73 Å². The summed E-state index contributed by atoms with van der Waals surface area (Å²) in [6, 6.07) is 8.04. The average Bonchev–Trinajstić information content (AvgIpc) is 2.06. The van der Waals surface area contributed by atoms with E-state index in [1.807, 2.05) is 0 Å². The summed E-state index contributed by atoms with van der Waals surface area (Å²) in [7, 11) is -3.41. The Bertz CT molecular complexity index is 343. The van der Waals surface area contributed by atoms with Crippen LogP contribution in [0, 0.1) is 6.92 Å². The number of sulfone groups is 1. The first-order valence-electron chi connectivity index (χ1n) is 3.43. The lowest BCUT2D eigenvalue weighted by molar-refractivity contribution is 0.589. The maximum Gasteiger partial charge on any atom is 0.193 e.